The number of guanidine groups is 1. The largest absolute Gasteiger partial charge is 0.475 e. The fraction of sp³-hybridized carbons (Fsp3) is 0.600. The van der Waals surface area contributed by atoms with Crippen LogP contribution in [0, 0.1) is 0 Å². The fourth-order valence-electron chi connectivity index (χ4n) is 2.28. The van der Waals surface area contributed by atoms with Crippen LogP contribution in [0.4, 0.5) is 13.2 Å². The number of hydrogen-bond acceptors (Lipinski definition) is 4. The third-order valence-electron chi connectivity index (χ3n) is 3.45. The monoisotopic (exact) mass is 490 g/mol. The van der Waals surface area contributed by atoms with E-state index in [2.05, 4.69) is 20.6 Å². The van der Waals surface area contributed by atoms with Gasteiger partial charge in [0.2, 0.25) is 5.88 Å². The van der Waals surface area contributed by atoms with E-state index in [1.54, 1.807) is 7.05 Å². The van der Waals surface area contributed by atoms with E-state index < -0.39 is 17.6 Å². The quantitative estimate of drug-likeness (QED) is 0.278. The molecule has 0 aromatic carbocycles. The smallest absolute Gasteiger partial charge is 0.421 e. The molecule has 1 unspecified atom stereocenters. The highest BCUT2D eigenvalue weighted by atomic mass is 127. The number of aliphatic imine (C=N–C) groups is 1. The van der Waals surface area contributed by atoms with E-state index in [0.717, 1.165) is 12.6 Å². The number of hydrogen-bond donors (Lipinski definition) is 2. The lowest BCUT2D eigenvalue weighted by atomic mass is 10.2. The Kier molecular flexibility index (Phi) is 9.69. The number of pyridine rings is 1. The van der Waals surface area contributed by atoms with Gasteiger partial charge in [0.25, 0.3) is 0 Å². The second kappa shape index (κ2) is 10.9. The molecule has 1 fully saturated rings. The molecule has 1 aromatic rings. The summed E-state index contributed by atoms with van der Waals surface area (Å²) in [6.45, 7) is 1.20. The summed E-state index contributed by atoms with van der Waals surface area (Å²) in [6.07, 6.45) is -0.772. The summed E-state index contributed by atoms with van der Waals surface area (Å²) in [4.78, 5) is 7.74. The Morgan fingerprint density at radius 2 is 2.24 bits per heavy atom. The van der Waals surface area contributed by atoms with Gasteiger partial charge in [0, 0.05) is 25.0 Å². The molecular weight excluding hydrogens is 468 g/mol. The molecule has 0 amide bonds. The van der Waals surface area contributed by atoms with Gasteiger partial charge in [-0.3, -0.25) is 4.99 Å². The lowest BCUT2D eigenvalue weighted by Gasteiger charge is -2.16. The highest BCUT2D eigenvalue weighted by Crippen LogP contribution is 2.34. The van der Waals surface area contributed by atoms with E-state index in [-0.39, 0.29) is 30.6 Å². The molecule has 25 heavy (non-hydrogen) atoms. The van der Waals surface area contributed by atoms with Gasteiger partial charge < -0.3 is 15.4 Å². The van der Waals surface area contributed by atoms with E-state index >= 15 is 0 Å². The van der Waals surface area contributed by atoms with Crippen LogP contribution in [-0.4, -0.2) is 48.7 Å². The van der Waals surface area contributed by atoms with Gasteiger partial charge in [-0.2, -0.15) is 24.9 Å². The predicted octanol–water partition coefficient (Wildman–Crippen LogP) is 3.16. The van der Waals surface area contributed by atoms with Crippen LogP contribution in [0.5, 0.6) is 5.88 Å². The van der Waals surface area contributed by atoms with Crippen LogP contribution >= 0.6 is 35.7 Å². The number of halogens is 4. The Labute approximate surface area is 166 Å². The fourth-order valence-corrected chi connectivity index (χ4v) is 3.48. The summed E-state index contributed by atoms with van der Waals surface area (Å²) in [6, 6.07) is 2.19. The zero-order valence-electron chi connectivity index (χ0n) is 13.8. The Morgan fingerprint density at radius 3 is 2.88 bits per heavy atom. The molecule has 1 aromatic heterocycles. The van der Waals surface area contributed by atoms with Crippen LogP contribution in [0.25, 0.3) is 0 Å². The number of ether oxygens (including phenoxy) is 1. The van der Waals surface area contributed by atoms with Crippen LogP contribution < -0.4 is 15.4 Å². The number of rotatable bonds is 6. The van der Waals surface area contributed by atoms with Crippen molar-refractivity contribution in [1.82, 2.24) is 15.6 Å². The molecule has 0 radical (unpaired) electrons. The molecule has 2 rings (SSSR count). The Bertz CT molecular complexity index is 554. The number of aromatic nitrogens is 1. The Balaban J connectivity index is 0.00000312. The molecule has 0 aliphatic carbocycles. The maximum absolute atomic E-state index is 12.8. The zero-order valence-corrected chi connectivity index (χ0v) is 17.0. The van der Waals surface area contributed by atoms with Gasteiger partial charge in [0.1, 0.15) is 12.2 Å². The van der Waals surface area contributed by atoms with Crippen LogP contribution in [-0.2, 0) is 6.18 Å². The van der Waals surface area contributed by atoms with E-state index in [9.17, 15) is 13.2 Å². The van der Waals surface area contributed by atoms with Crippen LogP contribution in [0.2, 0.25) is 0 Å². The molecule has 1 saturated heterocycles. The van der Waals surface area contributed by atoms with Gasteiger partial charge >= 0.3 is 6.18 Å². The number of alkyl halides is 3. The highest BCUT2D eigenvalue weighted by Gasteiger charge is 2.34. The lowest BCUT2D eigenvalue weighted by Crippen LogP contribution is -2.41. The van der Waals surface area contributed by atoms with Crippen molar-refractivity contribution >= 4 is 41.7 Å². The topological polar surface area (TPSA) is 58.5 Å². The van der Waals surface area contributed by atoms with E-state index in [1.165, 1.54) is 30.9 Å². The summed E-state index contributed by atoms with van der Waals surface area (Å²) in [5.74, 6) is 1.40. The van der Waals surface area contributed by atoms with Crippen molar-refractivity contribution in [3.05, 3.63) is 23.9 Å². The minimum absolute atomic E-state index is 0. The van der Waals surface area contributed by atoms with E-state index in [1.807, 2.05) is 11.8 Å². The summed E-state index contributed by atoms with van der Waals surface area (Å²) in [7, 11) is 1.65. The first-order valence-corrected chi connectivity index (χ1v) is 8.76. The van der Waals surface area contributed by atoms with Crippen LogP contribution in [0.1, 0.15) is 18.4 Å². The second-order valence-corrected chi connectivity index (χ2v) is 6.63. The summed E-state index contributed by atoms with van der Waals surface area (Å²) in [5, 5.41) is 6.82. The first kappa shape index (κ1) is 22.1. The average Bonchev–Trinajstić information content (AvgIpc) is 3.07. The Hall–Kier alpha value is -0.910. The van der Waals surface area contributed by atoms with E-state index in [4.69, 9.17) is 4.74 Å². The van der Waals surface area contributed by atoms with Gasteiger partial charge in [-0.05, 0) is 30.7 Å². The van der Waals surface area contributed by atoms with Gasteiger partial charge in [0.05, 0.1) is 6.54 Å². The van der Waals surface area contributed by atoms with Crippen molar-refractivity contribution in [1.29, 1.82) is 0 Å². The van der Waals surface area contributed by atoms with E-state index in [0.29, 0.717) is 17.8 Å². The second-order valence-electron chi connectivity index (χ2n) is 5.22. The first-order chi connectivity index (χ1) is 11.5. The minimum atomic E-state index is -4.48. The molecule has 1 atom stereocenters. The van der Waals surface area contributed by atoms with Crippen molar-refractivity contribution in [3.8, 4) is 5.88 Å². The maximum Gasteiger partial charge on any atom is 0.421 e. The highest BCUT2D eigenvalue weighted by molar-refractivity contribution is 14.0. The van der Waals surface area contributed by atoms with Gasteiger partial charge in [-0.15, -0.1) is 24.0 Å². The van der Waals surface area contributed by atoms with Crippen molar-refractivity contribution in [2.45, 2.75) is 24.3 Å². The summed E-state index contributed by atoms with van der Waals surface area (Å²) < 4.78 is 43.6. The number of thioether (sulfide) groups is 1. The molecule has 10 heteroatoms. The zero-order chi connectivity index (χ0) is 17.4. The first-order valence-electron chi connectivity index (χ1n) is 7.72. The molecule has 1 aliphatic heterocycles. The lowest BCUT2D eigenvalue weighted by molar-refractivity contribution is -0.139. The third kappa shape index (κ3) is 7.47. The summed E-state index contributed by atoms with van der Waals surface area (Å²) >= 11 is 1.94. The molecule has 0 bridgehead atoms. The van der Waals surface area contributed by atoms with Crippen LogP contribution in [0.15, 0.2) is 23.3 Å². The van der Waals surface area contributed by atoms with Gasteiger partial charge in [-0.25, -0.2) is 4.98 Å². The predicted molar refractivity (Wildman–Crippen MR) is 105 cm³/mol. The SMILES string of the molecule is CN=C(NCCOc1ncccc1C(F)(F)F)NCC1CCCS1.I. The van der Waals surface area contributed by atoms with Crippen molar-refractivity contribution in [3.63, 3.8) is 0 Å². The standard InChI is InChI=1S/C15H21F3N4OS.HI/c1-19-14(22-10-11-4-3-9-24-11)21-7-8-23-13-12(15(16,17)18)5-2-6-20-13;/h2,5-6,11H,3-4,7-10H2,1H3,(H2,19,21,22);1H. The average molecular weight is 490 g/mol. The molecule has 5 nitrogen and oxygen atoms in total. The Morgan fingerprint density at radius 1 is 1.44 bits per heavy atom. The van der Waals surface area contributed by atoms with Gasteiger partial charge in [0.15, 0.2) is 5.96 Å². The minimum Gasteiger partial charge on any atom is -0.475 e. The molecule has 1 aliphatic rings. The molecular formula is C15H22F3IN4OS. The van der Waals surface area contributed by atoms with Crippen molar-refractivity contribution in [2.24, 2.45) is 4.99 Å². The molecule has 0 saturated carbocycles. The maximum atomic E-state index is 12.8. The number of nitrogens with zero attached hydrogens (tertiary/aromatic N) is 2. The summed E-state index contributed by atoms with van der Waals surface area (Å²) in [5.41, 5.74) is -0.870. The molecule has 2 N–H and O–H groups in total. The molecule has 0 spiro atoms. The van der Waals surface area contributed by atoms with Crippen LogP contribution in [0.3, 0.4) is 0 Å². The molecule has 2 heterocycles. The number of nitrogens with one attached hydrogen (secondary N) is 2. The van der Waals surface area contributed by atoms with Crippen molar-refractivity contribution < 1.29 is 17.9 Å². The molecule has 142 valence electrons. The van der Waals surface area contributed by atoms with Gasteiger partial charge in [-0.1, -0.05) is 0 Å². The third-order valence-corrected chi connectivity index (χ3v) is 4.85. The normalized spacial score (nSPS) is 17.8. The van der Waals surface area contributed by atoms with Crippen molar-refractivity contribution in [2.75, 3.05) is 32.5 Å².